The van der Waals surface area contributed by atoms with Crippen LogP contribution in [0, 0.1) is 16.7 Å². The Labute approximate surface area is 105 Å². The highest BCUT2D eigenvalue weighted by atomic mass is 15.2. The molecular weight excluding hydrogens is 210 g/mol. The van der Waals surface area contributed by atoms with Gasteiger partial charge in [-0.25, -0.2) is 0 Å². The van der Waals surface area contributed by atoms with E-state index in [-0.39, 0.29) is 5.41 Å². The van der Waals surface area contributed by atoms with Crippen molar-refractivity contribution in [1.82, 2.24) is 10.2 Å². The summed E-state index contributed by atoms with van der Waals surface area (Å²) in [6.07, 6.45) is 6.18. The van der Waals surface area contributed by atoms with Crippen LogP contribution in [0.15, 0.2) is 0 Å². The van der Waals surface area contributed by atoms with Gasteiger partial charge in [0, 0.05) is 18.6 Å². The molecule has 2 aliphatic heterocycles. The van der Waals surface area contributed by atoms with Gasteiger partial charge in [0.25, 0.3) is 0 Å². The Morgan fingerprint density at radius 2 is 2.18 bits per heavy atom. The van der Waals surface area contributed by atoms with Gasteiger partial charge in [0.1, 0.15) is 0 Å². The molecule has 3 heteroatoms. The van der Waals surface area contributed by atoms with Crippen molar-refractivity contribution in [3.63, 3.8) is 0 Å². The van der Waals surface area contributed by atoms with Crippen LogP contribution in [-0.2, 0) is 0 Å². The molecule has 0 spiro atoms. The highest BCUT2D eigenvalue weighted by molar-refractivity contribution is 4.96. The Morgan fingerprint density at radius 1 is 1.35 bits per heavy atom. The molecule has 2 aliphatic rings. The Kier molecular flexibility index (Phi) is 4.06. The fraction of sp³-hybridized carbons (Fsp3) is 0.929. The van der Waals surface area contributed by atoms with Gasteiger partial charge in [-0.3, -0.25) is 4.90 Å². The molecule has 3 nitrogen and oxygen atoms in total. The number of fused-ring (bicyclic) bond motifs is 1. The lowest BCUT2D eigenvalue weighted by Crippen LogP contribution is -2.39. The van der Waals surface area contributed by atoms with Gasteiger partial charge in [0.05, 0.1) is 11.5 Å². The number of rotatable bonds is 5. The third kappa shape index (κ3) is 3.20. The Balaban J connectivity index is 1.65. The van der Waals surface area contributed by atoms with E-state index in [9.17, 15) is 0 Å². The quantitative estimate of drug-likeness (QED) is 0.742. The SMILES string of the molecule is CC(C)(C#N)CCCNC1CCN2CCCC12. The van der Waals surface area contributed by atoms with Gasteiger partial charge < -0.3 is 5.32 Å². The molecule has 96 valence electrons. The Hall–Kier alpha value is -0.590. The molecule has 0 aromatic rings. The first-order valence-corrected chi connectivity index (χ1v) is 7.01. The van der Waals surface area contributed by atoms with E-state index in [4.69, 9.17) is 5.26 Å². The monoisotopic (exact) mass is 235 g/mol. The molecular formula is C14H25N3. The topological polar surface area (TPSA) is 39.1 Å². The maximum atomic E-state index is 8.95. The maximum Gasteiger partial charge on any atom is 0.0683 e. The smallest absolute Gasteiger partial charge is 0.0683 e. The fourth-order valence-electron chi connectivity index (χ4n) is 3.19. The highest BCUT2D eigenvalue weighted by Gasteiger charge is 2.36. The molecule has 2 heterocycles. The van der Waals surface area contributed by atoms with Crippen molar-refractivity contribution in [2.45, 2.75) is 58.0 Å². The van der Waals surface area contributed by atoms with Crippen LogP contribution in [0.1, 0.15) is 46.0 Å². The van der Waals surface area contributed by atoms with Crippen molar-refractivity contribution >= 4 is 0 Å². The first-order valence-electron chi connectivity index (χ1n) is 7.01. The van der Waals surface area contributed by atoms with Gasteiger partial charge in [-0.1, -0.05) is 0 Å². The average molecular weight is 235 g/mol. The molecule has 0 aliphatic carbocycles. The third-order valence-electron chi connectivity index (χ3n) is 4.29. The molecule has 2 saturated heterocycles. The molecule has 2 unspecified atom stereocenters. The Bertz CT molecular complexity index is 292. The van der Waals surface area contributed by atoms with Crippen molar-refractivity contribution in [2.24, 2.45) is 5.41 Å². The van der Waals surface area contributed by atoms with Crippen LogP contribution in [0.5, 0.6) is 0 Å². The lowest BCUT2D eigenvalue weighted by Gasteiger charge is -2.22. The molecule has 1 N–H and O–H groups in total. The number of hydrogen-bond donors (Lipinski definition) is 1. The van der Waals surface area contributed by atoms with E-state index in [1.54, 1.807) is 0 Å². The van der Waals surface area contributed by atoms with Crippen LogP contribution >= 0.6 is 0 Å². The summed E-state index contributed by atoms with van der Waals surface area (Å²) in [7, 11) is 0. The minimum Gasteiger partial charge on any atom is -0.312 e. The average Bonchev–Trinajstić information content (AvgIpc) is 2.88. The lowest BCUT2D eigenvalue weighted by atomic mass is 9.90. The summed E-state index contributed by atoms with van der Waals surface area (Å²) in [5, 5.41) is 12.6. The molecule has 0 bridgehead atoms. The van der Waals surface area contributed by atoms with Crippen molar-refractivity contribution in [3.05, 3.63) is 0 Å². The zero-order valence-electron chi connectivity index (χ0n) is 11.2. The summed E-state index contributed by atoms with van der Waals surface area (Å²) in [4.78, 5) is 2.64. The number of nitrogens with one attached hydrogen (secondary N) is 1. The van der Waals surface area contributed by atoms with Crippen LogP contribution in [-0.4, -0.2) is 36.6 Å². The summed E-state index contributed by atoms with van der Waals surface area (Å²) in [6.45, 7) is 7.72. The van der Waals surface area contributed by atoms with E-state index in [1.807, 2.05) is 13.8 Å². The summed E-state index contributed by atoms with van der Waals surface area (Å²) in [6, 6.07) is 3.89. The van der Waals surface area contributed by atoms with Crippen molar-refractivity contribution < 1.29 is 0 Å². The number of hydrogen-bond acceptors (Lipinski definition) is 3. The maximum absolute atomic E-state index is 8.95. The molecule has 2 atom stereocenters. The standard InChI is InChI=1S/C14H25N3/c1-14(2,11-15)7-4-8-16-12-6-10-17-9-3-5-13(12)17/h12-13,16H,3-10H2,1-2H3. The first-order chi connectivity index (χ1) is 8.12. The van der Waals surface area contributed by atoms with E-state index in [0.717, 1.165) is 25.4 Å². The van der Waals surface area contributed by atoms with Crippen molar-refractivity contribution in [2.75, 3.05) is 19.6 Å². The molecule has 0 aromatic carbocycles. The molecule has 0 amide bonds. The van der Waals surface area contributed by atoms with Crippen LogP contribution in [0.4, 0.5) is 0 Å². The minimum absolute atomic E-state index is 0.156. The van der Waals surface area contributed by atoms with Crippen LogP contribution in [0.3, 0.4) is 0 Å². The molecule has 0 aromatic heterocycles. The van der Waals surface area contributed by atoms with Crippen LogP contribution in [0.2, 0.25) is 0 Å². The molecule has 2 fully saturated rings. The number of nitriles is 1. The summed E-state index contributed by atoms with van der Waals surface area (Å²) in [5.74, 6) is 0. The summed E-state index contributed by atoms with van der Waals surface area (Å²) >= 11 is 0. The second-order valence-electron chi connectivity index (χ2n) is 6.19. The van der Waals surface area contributed by atoms with E-state index >= 15 is 0 Å². The van der Waals surface area contributed by atoms with Gasteiger partial charge >= 0.3 is 0 Å². The zero-order valence-corrected chi connectivity index (χ0v) is 11.2. The predicted molar refractivity (Wildman–Crippen MR) is 69.6 cm³/mol. The lowest BCUT2D eigenvalue weighted by molar-refractivity contribution is 0.296. The van der Waals surface area contributed by atoms with Crippen molar-refractivity contribution in [3.8, 4) is 6.07 Å². The van der Waals surface area contributed by atoms with E-state index in [2.05, 4.69) is 16.3 Å². The third-order valence-corrected chi connectivity index (χ3v) is 4.29. The summed E-state index contributed by atoms with van der Waals surface area (Å²) < 4.78 is 0. The normalized spacial score (nSPS) is 29.2. The largest absolute Gasteiger partial charge is 0.312 e. The Morgan fingerprint density at radius 3 is 2.94 bits per heavy atom. The van der Waals surface area contributed by atoms with Crippen LogP contribution < -0.4 is 5.32 Å². The second kappa shape index (κ2) is 5.37. The van der Waals surface area contributed by atoms with Gasteiger partial charge in [-0.2, -0.15) is 5.26 Å². The van der Waals surface area contributed by atoms with Gasteiger partial charge in [0.15, 0.2) is 0 Å². The van der Waals surface area contributed by atoms with Gasteiger partial charge in [0.2, 0.25) is 0 Å². The summed E-state index contributed by atoms with van der Waals surface area (Å²) in [5.41, 5.74) is -0.156. The van der Waals surface area contributed by atoms with Gasteiger partial charge in [-0.15, -0.1) is 0 Å². The number of nitrogens with zero attached hydrogens (tertiary/aromatic N) is 2. The van der Waals surface area contributed by atoms with Gasteiger partial charge in [-0.05, 0) is 59.0 Å². The minimum atomic E-state index is -0.156. The fourth-order valence-corrected chi connectivity index (χ4v) is 3.19. The second-order valence-corrected chi connectivity index (χ2v) is 6.19. The molecule has 0 saturated carbocycles. The van der Waals surface area contributed by atoms with Crippen molar-refractivity contribution in [1.29, 1.82) is 5.26 Å². The van der Waals surface area contributed by atoms with Crippen LogP contribution in [0.25, 0.3) is 0 Å². The van der Waals surface area contributed by atoms with E-state index in [1.165, 1.54) is 32.4 Å². The van der Waals surface area contributed by atoms with E-state index < -0.39 is 0 Å². The molecule has 2 rings (SSSR count). The molecule has 17 heavy (non-hydrogen) atoms. The zero-order chi connectivity index (χ0) is 12.3. The molecule has 0 radical (unpaired) electrons. The first kappa shape index (κ1) is 12.9. The predicted octanol–water partition coefficient (Wildman–Crippen LogP) is 2.14. The van der Waals surface area contributed by atoms with E-state index in [0.29, 0.717) is 6.04 Å². The highest BCUT2D eigenvalue weighted by Crippen LogP contribution is 2.28.